The molecule has 0 unspecified atom stereocenters. The molecule has 0 atom stereocenters. The van der Waals surface area contributed by atoms with E-state index in [4.69, 9.17) is 4.52 Å². The molecular weight excluding hydrogens is 316 g/mol. The molecule has 0 radical (unpaired) electrons. The lowest BCUT2D eigenvalue weighted by Gasteiger charge is -2.09. The van der Waals surface area contributed by atoms with Crippen molar-refractivity contribution >= 4 is 11.6 Å². The molecule has 6 nitrogen and oxygen atoms in total. The Morgan fingerprint density at radius 3 is 2.80 bits per heavy atom. The second-order valence-electron chi connectivity index (χ2n) is 6.19. The van der Waals surface area contributed by atoms with E-state index in [1.54, 1.807) is 12.4 Å². The lowest BCUT2D eigenvalue weighted by atomic mass is 10.1. The highest BCUT2D eigenvalue weighted by Crippen LogP contribution is 2.28. The molecule has 1 aromatic carbocycles. The predicted octanol–water partition coefficient (Wildman–Crippen LogP) is 4.17. The van der Waals surface area contributed by atoms with E-state index in [1.807, 2.05) is 36.4 Å². The zero-order chi connectivity index (χ0) is 17.6. The summed E-state index contributed by atoms with van der Waals surface area (Å²) in [6.07, 6.45) is 4.69. The summed E-state index contributed by atoms with van der Waals surface area (Å²) < 4.78 is 5.39. The molecule has 3 aromatic rings. The van der Waals surface area contributed by atoms with E-state index in [-0.39, 0.29) is 5.91 Å². The van der Waals surface area contributed by atoms with E-state index in [1.165, 1.54) is 0 Å². The Kier molecular flexibility index (Phi) is 5.18. The Bertz CT molecular complexity index is 843. The summed E-state index contributed by atoms with van der Waals surface area (Å²) in [6.45, 7) is 4.19. The Morgan fingerprint density at radius 1 is 1.20 bits per heavy atom. The molecule has 1 amide bonds. The summed E-state index contributed by atoms with van der Waals surface area (Å²) in [5.41, 5.74) is 2.14. The van der Waals surface area contributed by atoms with Gasteiger partial charge in [0.1, 0.15) is 0 Å². The number of pyridine rings is 1. The Balaban J connectivity index is 1.82. The number of hydrogen-bond acceptors (Lipinski definition) is 5. The van der Waals surface area contributed by atoms with Crippen molar-refractivity contribution < 1.29 is 9.32 Å². The Labute approximate surface area is 146 Å². The van der Waals surface area contributed by atoms with Gasteiger partial charge in [0.2, 0.25) is 11.7 Å². The van der Waals surface area contributed by atoms with Crippen LogP contribution in [0.25, 0.3) is 22.8 Å². The van der Waals surface area contributed by atoms with Gasteiger partial charge < -0.3 is 9.84 Å². The summed E-state index contributed by atoms with van der Waals surface area (Å²) in [5, 5.41) is 6.94. The maximum absolute atomic E-state index is 12.1. The fraction of sp³-hybridized carbons (Fsp3) is 0.263. The lowest BCUT2D eigenvalue weighted by Crippen LogP contribution is -2.12. The second-order valence-corrected chi connectivity index (χ2v) is 6.19. The number of nitrogens with one attached hydrogen (secondary N) is 1. The average Bonchev–Trinajstić information content (AvgIpc) is 3.11. The van der Waals surface area contributed by atoms with Crippen LogP contribution in [0, 0.1) is 5.92 Å². The Hall–Kier alpha value is -3.02. The number of para-hydroxylation sites is 1. The van der Waals surface area contributed by atoms with Gasteiger partial charge in [-0.05, 0) is 36.6 Å². The zero-order valence-corrected chi connectivity index (χ0v) is 14.3. The molecule has 0 fully saturated rings. The van der Waals surface area contributed by atoms with Gasteiger partial charge in [0.25, 0.3) is 5.89 Å². The van der Waals surface area contributed by atoms with Crippen LogP contribution in [-0.4, -0.2) is 21.0 Å². The maximum Gasteiger partial charge on any atom is 0.260 e. The van der Waals surface area contributed by atoms with Gasteiger partial charge in [-0.3, -0.25) is 9.78 Å². The number of nitrogens with zero attached hydrogens (tertiary/aromatic N) is 3. The van der Waals surface area contributed by atoms with E-state index >= 15 is 0 Å². The number of rotatable bonds is 6. The minimum Gasteiger partial charge on any atom is -0.334 e. The number of anilines is 1. The van der Waals surface area contributed by atoms with Crippen LogP contribution in [0.1, 0.15) is 26.7 Å². The van der Waals surface area contributed by atoms with Crippen LogP contribution < -0.4 is 5.32 Å². The summed E-state index contributed by atoms with van der Waals surface area (Å²) in [6, 6.07) is 11.1. The van der Waals surface area contributed by atoms with Crippen LogP contribution in [0.15, 0.2) is 53.3 Å². The van der Waals surface area contributed by atoms with Crippen molar-refractivity contribution in [3.8, 4) is 22.8 Å². The molecule has 6 heteroatoms. The number of hydrogen-bond donors (Lipinski definition) is 1. The quantitative estimate of drug-likeness (QED) is 0.730. The first-order valence-electron chi connectivity index (χ1n) is 8.27. The third kappa shape index (κ3) is 4.29. The molecule has 128 valence electrons. The van der Waals surface area contributed by atoms with Crippen LogP contribution in [-0.2, 0) is 4.79 Å². The lowest BCUT2D eigenvalue weighted by molar-refractivity contribution is -0.116. The molecule has 25 heavy (non-hydrogen) atoms. The SMILES string of the molecule is CC(C)CCC(=O)Nc1ccccc1-c1nc(-c2cccnc2)no1. The molecule has 0 bridgehead atoms. The minimum atomic E-state index is -0.0202. The molecule has 2 heterocycles. The van der Waals surface area contributed by atoms with Gasteiger partial charge in [0, 0.05) is 24.4 Å². The number of aromatic nitrogens is 3. The van der Waals surface area contributed by atoms with Crippen LogP contribution in [0.4, 0.5) is 5.69 Å². The van der Waals surface area contributed by atoms with Gasteiger partial charge in [-0.15, -0.1) is 0 Å². The van der Waals surface area contributed by atoms with Crippen molar-refractivity contribution in [3.05, 3.63) is 48.8 Å². The van der Waals surface area contributed by atoms with Gasteiger partial charge in [-0.1, -0.05) is 31.1 Å². The topological polar surface area (TPSA) is 80.9 Å². The largest absolute Gasteiger partial charge is 0.334 e. The minimum absolute atomic E-state index is 0.0202. The van der Waals surface area contributed by atoms with Crippen LogP contribution in [0.5, 0.6) is 0 Å². The smallest absolute Gasteiger partial charge is 0.260 e. The molecule has 1 N–H and O–H groups in total. The van der Waals surface area contributed by atoms with E-state index in [2.05, 4.69) is 34.3 Å². The van der Waals surface area contributed by atoms with Crippen molar-refractivity contribution in [1.82, 2.24) is 15.1 Å². The number of amides is 1. The van der Waals surface area contributed by atoms with Crippen LogP contribution in [0.3, 0.4) is 0 Å². The number of carbonyl (C=O) groups is 1. The molecule has 0 saturated heterocycles. The first-order valence-corrected chi connectivity index (χ1v) is 8.27. The number of carbonyl (C=O) groups excluding carboxylic acids is 1. The monoisotopic (exact) mass is 336 g/mol. The molecule has 0 aliphatic rings. The van der Waals surface area contributed by atoms with Crippen LogP contribution in [0.2, 0.25) is 0 Å². The normalized spacial score (nSPS) is 10.8. The third-order valence-electron chi connectivity index (χ3n) is 3.73. The van der Waals surface area contributed by atoms with Crippen molar-refractivity contribution in [3.63, 3.8) is 0 Å². The molecular formula is C19H20N4O2. The summed E-state index contributed by atoms with van der Waals surface area (Å²) in [7, 11) is 0. The molecule has 0 spiro atoms. The van der Waals surface area contributed by atoms with E-state index in [9.17, 15) is 4.79 Å². The van der Waals surface area contributed by atoms with Gasteiger partial charge in [0.15, 0.2) is 0 Å². The molecule has 3 rings (SSSR count). The van der Waals surface area contributed by atoms with Crippen molar-refractivity contribution in [1.29, 1.82) is 0 Å². The van der Waals surface area contributed by atoms with E-state index in [0.717, 1.165) is 12.0 Å². The standard InChI is InChI=1S/C19H20N4O2/c1-13(2)9-10-17(24)21-16-8-4-3-7-15(16)19-22-18(23-25-19)14-6-5-11-20-12-14/h3-8,11-13H,9-10H2,1-2H3,(H,21,24). The van der Waals surface area contributed by atoms with Gasteiger partial charge in [0.05, 0.1) is 11.3 Å². The predicted molar refractivity (Wildman–Crippen MR) is 95.7 cm³/mol. The van der Waals surface area contributed by atoms with Crippen molar-refractivity contribution in [2.45, 2.75) is 26.7 Å². The molecule has 0 saturated carbocycles. The van der Waals surface area contributed by atoms with Crippen molar-refractivity contribution in [2.24, 2.45) is 5.92 Å². The third-order valence-corrected chi connectivity index (χ3v) is 3.73. The summed E-state index contributed by atoms with van der Waals surface area (Å²) in [4.78, 5) is 20.6. The first kappa shape index (κ1) is 16.8. The highest BCUT2D eigenvalue weighted by molar-refractivity contribution is 5.94. The maximum atomic E-state index is 12.1. The van der Waals surface area contributed by atoms with Gasteiger partial charge in [-0.2, -0.15) is 4.98 Å². The molecule has 0 aliphatic heterocycles. The highest BCUT2D eigenvalue weighted by Gasteiger charge is 2.15. The fourth-order valence-electron chi connectivity index (χ4n) is 2.36. The van der Waals surface area contributed by atoms with Gasteiger partial charge >= 0.3 is 0 Å². The highest BCUT2D eigenvalue weighted by atomic mass is 16.5. The Morgan fingerprint density at radius 2 is 2.04 bits per heavy atom. The average molecular weight is 336 g/mol. The summed E-state index contributed by atoms with van der Waals surface area (Å²) >= 11 is 0. The van der Waals surface area contributed by atoms with Crippen LogP contribution >= 0.6 is 0 Å². The second kappa shape index (κ2) is 7.70. The van der Waals surface area contributed by atoms with E-state index < -0.39 is 0 Å². The summed E-state index contributed by atoms with van der Waals surface area (Å²) in [5.74, 6) is 1.29. The van der Waals surface area contributed by atoms with Gasteiger partial charge in [-0.25, -0.2) is 0 Å². The van der Waals surface area contributed by atoms with E-state index in [0.29, 0.717) is 35.3 Å². The fourth-order valence-corrected chi connectivity index (χ4v) is 2.36. The first-order chi connectivity index (χ1) is 12.1. The molecule has 0 aliphatic carbocycles. The number of benzene rings is 1. The molecule has 2 aromatic heterocycles. The zero-order valence-electron chi connectivity index (χ0n) is 14.3. The van der Waals surface area contributed by atoms with Crippen molar-refractivity contribution in [2.75, 3.05) is 5.32 Å².